The molecule has 4 nitrogen and oxygen atoms in total. The van der Waals surface area contributed by atoms with Gasteiger partial charge in [0, 0.05) is 11.1 Å². The molecule has 0 bridgehead atoms. The van der Waals surface area contributed by atoms with Crippen LogP contribution in [0.15, 0.2) is 24.4 Å². The van der Waals surface area contributed by atoms with Gasteiger partial charge in [-0.1, -0.05) is 32.0 Å². The molecule has 0 fully saturated rings. The number of nitrogens with one attached hydrogen (secondary N) is 1. The molecule has 4 heteroatoms. The first-order valence-electron chi connectivity index (χ1n) is 5.22. The molecule has 0 saturated heterocycles. The standard InChI is InChI=1S/C12H15N3O/c1-7(2)8-4-3-5-9(11(8)16)10-6-14-15-12(10)13/h3-7,16H,1-2H3,(H3,13,14,15). The zero-order chi connectivity index (χ0) is 11.7. The highest BCUT2D eigenvalue weighted by Crippen LogP contribution is 2.37. The molecule has 2 aromatic rings. The summed E-state index contributed by atoms with van der Waals surface area (Å²) in [5, 5.41) is 16.7. The second-order valence-electron chi connectivity index (χ2n) is 4.10. The highest BCUT2D eigenvalue weighted by atomic mass is 16.3. The van der Waals surface area contributed by atoms with Crippen LogP contribution in [0.5, 0.6) is 5.75 Å². The third kappa shape index (κ3) is 1.62. The number of nitrogen functional groups attached to an aromatic ring is 1. The van der Waals surface area contributed by atoms with Crippen molar-refractivity contribution in [1.82, 2.24) is 10.2 Å². The maximum atomic E-state index is 10.2. The van der Waals surface area contributed by atoms with Crippen LogP contribution in [0.25, 0.3) is 11.1 Å². The number of hydrogen-bond acceptors (Lipinski definition) is 3. The van der Waals surface area contributed by atoms with Gasteiger partial charge in [0.25, 0.3) is 0 Å². The van der Waals surface area contributed by atoms with E-state index in [9.17, 15) is 5.11 Å². The second-order valence-corrected chi connectivity index (χ2v) is 4.10. The average molecular weight is 217 g/mol. The lowest BCUT2D eigenvalue weighted by Crippen LogP contribution is -1.92. The van der Waals surface area contributed by atoms with Crippen molar-refractivity contribution in [2.45, 2.75) is 19.8 Å². The molecule has 0 aliphatic rings. The largest absolute Gasteiger partial charge is 0.507 e. The molecule has 4 N–H and O–H groups in total. The number of para-hydroxylation sites is 1. The summed E-state index contributed by atoms with van der Waals surface area (Å²) in [7, 11) is 0. The van der Waals surface area contributed by atoms with Crippen LogP contribution in [0.2, 0.25) is 0 Å². The van der Waals surface area contributed by atoms with Gasteiger partial charge < -0.3 is 10.8 Å². The lowest BCUT2D eigenvalue weighted by atomic mass is 9.97. The summed E-state index contributed by atoms with van der Waals surface area (Å²) >= 11 is 0. The van der Waals surface area contributed by atoms with Crippen LogP contribution in [0.3, 0.4) is 0 Å². The van der Waals surface area contributed by atoms with E-state index >= 15 is 0 Å². The summed E-state index contributed by atoms with van der Waals surface area (Å²) < 4.78 is 0. The van der Waals surface area contributed by atoms with E-state index in [1.54, 1.807) is 6.20 Å². The van der Waals surface area contributed by atoms with Crippen molar-refractivity contribution in [3.8, 4) is 16.9 Å². The molecule has 0 unspecified atom stereocenters. The Morgan fingerprint density at radius 3 is 2.62 bits per heavy atom. The normalized spacial score (nSPS) is 10.9. The molecule has 0 atom stereocenters. The van der Waals surface area contributed by atoms with Crippen LogP contribution in [-0.4, -0.2) is 15.3 Å². The molecule has 0 saturated carbocycles. The number of hydrogen-bond donors (Lipinski definition) is 3. The number of anilines is 1. The van der Waals surface area contributed by atoms with Gasteiger partial charge in [0.2, 0.25) is 0 Å². The van der Waals surface area contributed by atoms with Gasteiger partial charge in [0.1, 0.15) is 11.6 Å². The van der Waals surface area contributed by atoms with Gasteiger partial charge in [-0.2, -0.15) is 5.10 Å². The SMILES string of the molecule is CC(C)c1cccc(-c2cn[nH]c2N)c1O. The Hall–Kier alpha value is -1.97. The van der Waals surface area contributed by atoms with Crippen molar-refractivity contribution < 1.29 is 5.11 Å². The first kappa shape index (κ1) is 10.5. The van der Waals surface area contributed by atoms with Gasteiger partial charge in [0.05, 0.1) is 6.20 Å². The van der Waals surface area contributed by atoms with Crippen LogP contribution in [0.1, 0.15) is 25.3 Å². The van der Waals surface area contributed by atoms with E-state index in [1.165, 1.54) is 0 Å². The van der Waals surface area contributed by atoms with Crippen LogP contribution in [0, 0.1) is 0 Å². The molecule has 0 spiro atoms. The molecule has 1 heterocycles. The molecule has 2 rings (SSSR count). The number of H-pyrrole nitrogens is 1. The number of benzene rings is 1. The van der Waals surface area contributed by atoms with Crippen LogP contribution in [0.4, 0.5) is 5.82 Å². The highest BCUT2D eigenvalue weighted by molar-refractivity contribution is 5.78. The summed E-state index contributed by atoms with van der Waals surface area (Å²) in [6.07, 6.45) is 1.62. The Morgan fingerprint density at radius 1 is 1.31 bits per heavy atom. The van der Waals surface area contributed by atoms with Crippen molar-refractivity contribution >= 4 is 5.82 Å². The number of nitrogens with two attached hydrogens (primary N) is 1. The van der Waals surface area contributed by atoms with Gasteiger partial charge in [-0.3, -0.25) is 5.10 Å². The highest BCUT2D eigenvalue weighted by Gasteiger charge is 2.14. The van der Waals surface area contributed by atoms with Crippen molar-refractivity contribution in [2.75, 3.05) is 5.73 Å². The van der Waals surface area contributed by atoms with Crippen molar-refractivity contribution in [3.63, 3.8) is 0 Å². The quantitative estimate of drug-likeness (QED) is 0.723. The summed E-state index contributed by atoms with van der Waals surface area (Å²) in [6.45, 7) is 4.08. The number of aromatic nitrogens is 2. The summed E-state index contributed by atoms with van der Waals surface area (Å²) in [5.41, 5.74) is 8.11. The first-order valence-corrected chi connectivity index (χ1v) is 5.22. The summed E-state index contributed by atoms with van der Waals surface area (Å²) in [4.78, 5) is 0. The predicted octanol–water partition coefficient (Wildman–Crippen LogP) is 2.49. The number of aromatic amines is 1. The van der Waals surface area contributed by atoms with E-state index in [2.05, 4.69) is 10.2 Å². The van der Waals surface area contributed by atoms with Crippen LogP contribution >= 0.6 is 0 Å². The zero-order valence-electron chi connectivity index (χ0n) is 9.36. The molecule has 0 aliphatic carbocycles. The molecule has 0 amide bonds. The minimum absolute atomic E-state index is 0.271. The Morgan fingerprint density at radius 2 is 2.06 bits per heavy atom. The van der Waals surface area contributed by atoms with E-state index < -0.39 is 0 Å². The second kappa shape index (κ2) is 3.89. The third-order valence-corrected chi connectivity index (χ3v) is 2.65. The predicted molar refractivity (Wildman–Crippen MR) is 64.2 cm³/mol. The Bertz CT molecular complexity index is 503. The minimum Gasteiger partial charge on any atom is -0.507 e. The maximum Gasteiger partial charge on any atom is 0.127 e. The molecule has 0 radical (unpaired) electrons. The molecular weight excluding hydrogens is 202 g/mol. The lowest BCUT2D eigenvalue weighted by molar-refractivity contribution is 0.467. The van der Waals surface area contributed by atoms with Crippen molar-refractivity contribution in [3.05, 3.63) is 30.0 Å². The molecule has 84 valence electrons. The monoisotopic (exact) mass is 217 g/mol. The number of phenols is 1. The molecule has 1 aromatic carbocycles. The number of phenolic OH excluding ortho intramolecular Hbond substituents is 1. The molecule has 1 aromatic heterocycles. The Balaban J connectivity index is 2.59. The molecule has 16 heavy (non-hydrogen) atoms. The van der Waals surface area contributed by atoms with Gasteiger partial charge in [-0.05, 0) is 11.5 Å². The smallest absolute Gasteiger partial charge is 0.127 e. The van der Waals surface area contributed by atoms with E-state index in [0.717, 1.165) is 16.7 Å². The molecular formula is C12H15N3O. The Kier molecular flexibility index (Phi) is 2.56. The fourth-order valence-electron chi connectivity index (χ4n) is 1.76. The minimum atomic E-state index is 0.271. The van der Waals surface area contributed by atoms with E-state index in [1.807, 2.05) is 32.0 Å². The third-order valence-electron chi connectivity index (χ3n) is 2.65. The van der Waals surface area contributed by atoms with E-state index in [0.29, 0.717) is 5.82 Å². The number of aromatic hydroxyl groups is 1. The fraction of sp³-hybridized carbons (Fsp3) is 0.250. The maximum absolute atomic E-state index is 10.2. The van der Waals surface area contributed by atoms with Crippen molar-refractivity contribution in [1.29, 1.82) is 0 Å². The topological polar surface area (TPSA) is 74.9 Å². The zero-order valence-corrected chi connectivity index (χ0v) is 9.36. The summed E-state index contributed by atoms with van der Waals surface area (Å²) in [6, 6.07) is 5.67. The van der Waals surface area contributed by atoms with Gasteiger partial charge >= 0.3 is 0 Å². The van der Waals surface area contributed by atoms with E-state index in [-0.39, 0.29) is 11.7 Å². The number of nitrogens with zero attached hydrogens (tertiary/aromatic N) is 1. The van der Waals surface area contributed by atoms with Gasteiger partial charge in [0.15, 0.2) is 0 Å². The van der Waals surface area contributed by atoms with Crippen LogP contribution in [-0.2, 0) is 0 Å². The van der Waals surface area contributed by atoms with Gasteiger partial charge in [-0.25, -0.2) is 0 Å². The van der Waals surface area contributed by atoms with Crippen LogP contribution < -0.4 is 5.73 Å². The lowest BCUT2D eigenvalue weighted by Gasteiger charge is -2.11. The van der Waals surface area contributed by atoms with Gasteiger partial charge in [-0.15, -0.1) is 0 Å². The van der Waals surface area contributed by atoms with E-state index in [4.69, 9.17) is 5.73 Å². The first-order chi connectivity index (χ1) is 7.61. The number of rotatable bonds is 2. The van der Waals surface area contributed by atoms with Crippen molar-refractivity contribution in [2.24, 2.45) is 0 Å². The molecule has 0 aliphatic heterocycles. The summed E-state index contributed by atoms with van der Waals surface area (Å²) in [5.74, 6) is 1.02. The Labute approximate surface area is 94.1 Å². The average Bonchev–Trinajstić information content (AvgIpc) is 2.64. The fourth-order valence-corrected chi connectivity index (χ4v) is 1.76.